The number of aryl methyl sites for hydroxylation is 1. The molecule has 0 aliphatic rings. The number of rotatable bonds is 5. The predicted molar refractivity (Wildman–Crippen MR) is 186 cm³/mol. The smallest absolute Gasteiger partial charge is 0.247 e. The van der Waals surface area contributed by atoms with Crippen molar-refractivity contribution < 1.29 is 0 Å². The van der Waals surface area contributed by atoms with Gasteiger partial charge in [0.15, 0.2) is 5.65 Å². The molecule has 1 radical (unpaired) electrons. The van der Waals surface area contributed by atoms with E-state index in [4.69, 9.17) is 4.98 Å². The average molecular weight is 612 g/mol. The molecule has 0 saturated carbocycles. The molecule has 0 saturated heterocycles. The molecule has 10 rings (SSSR count). The summed E-state index contributed by atoms with van der Waals surface area (Å²) in [5.74, 6) is 1.59. The van der Waals surface area contributed by atoms with Gasteiger partial charge in [-0.2, -0.15) is 4.98 Å². The van der Waals surface area contributed by atoms with Crippen LogP contribution in [0.2, 0.25) is 0 Å². The van der Waals surface area contributed by atoms with E-state index >= 15 is 0 Å². The van der Waals surface area contributed by atoms with Gasteiger partial charge in [0.2, 0.25) is 20.9 Å². The Kier molecular flexibility index (Phi) is 5.20. The van der Waals surface area contributed by atoms with E-state index in [0.717, 1.165) is 39.7 Å². The minimum atomic E-state index is -1.43. The summed E-state index contributed by atoms with van der Waals surface area (Å²) in [4.78, 5) is 13.4. The third-order valence-corrected chi connectivity index (χ3v) is 11.7. The summed E-state index contributed by atoms with van der Waals surface area (Å²) in [5, 5.41) is 3.92. The minimum Gasteiger partial charge on any atom is -0.358 e. The van der Waals surface area contributed by atoms with Crippen molar-refractivity contribution in [1.82, 2.24) is 37.3 Å². The maximum Gasteiger partial charge on any atom is 0.247 e. The van der Waals surface area contributed by atoms with Crippen LogP contribution in [0.5, 0.6) is 0 Å². The molecule has 46 heavy (non-hydrogen) atoms. The number of benzene rings is 4. The Morgan fingerprint density at radius 3 is 2.07 bits per heavy atom. The Morgan fingerprint density at radius 1 is 0.674 bits per heavy atom. The van der Waals surface area contributed by atoms with Crippen LogP contribution in [0.25, 0.3) is 61.7 Å². The van der Waals surface area contributed by atoms with Crippen molar-refractivity contribution in [3.63, 3.8) is 0 Å². The summed E-state index contributed by atoms with van der Waals surface area (Å²) in [7, 11) is 0.570. The van der Waals surface area contributed by atoms with Gasteiger partial charge in [0, 0.05) is 42.6 Å². The highest BCUT2D eigenvalue weighted by Crippen LogP contribution is 2.37. The van der Waals surface area contributed by atoms with Gasteiger partial charge in [-0.05, 0) is 34.6 Å². The molecule has 0 aliphatic heterocycles. The highest BCUT2D eigenvalue weighted by atomic mass is 28.3. The molecule has 6 heterocycles. The van der Waals surface area contributed by atoms with E-state index in [9.17, 15) is 0 Å². The second-order valence-electron chi connectivity index (χ2n) is 11.7. The van der Waals surface area contributed by atoms with Gasteiger partial charge < -0.3 is 13.8 Å². The molecule has 9 heteroatoms. The molecule has 0 spiro atoms. The molecule has 0 atom stereocenters. The lowest BCUT2D eigenvalue weighted by atomic mass is 10.2. The number of para-hydroxylation sites is 3. The molecule has 0 fully saturated rings. The van der Waals surface area contributed by atoms with Crippen LogP contribution in [-0.2, 0) is 7.05 Å². The van der Waals surface area contributed by atoms with Crippen LogP contribution in [0.4, 0.5) is 0 Å². The number of aromatic nitrogens is 8. The van der Waals surface area contributed by atoms with Crippen LogP contribution < -0.4 is 10.4 Å². The van der Waals surface area contributed by atoms with E-state index in [2.05, 4.69) is 144 Å². The Hall–Kier alpha value is -6.06. The van der Waals surface area contributed by atoms with Gasteiger partial charge >= 0.3 is 0 Å². The Labute approximate surface area is 264 Å². The van der Waals surface area contributed by atoms with Gasteiger partial charge in [0.1, 0.15) is 5.65 Å². The number of nitrogens with one attached hydrogen (secondary N) is 1. The Bertz CT molecular complexity index is 2680. The van der Waals surface area contributed by atoms with E-state index in [-0.39, 0.29) is 0 Å². The van der Waals surface area contributed by atoms with Crippen molar-refractivity contribution in [1.29, 1.82) is 0 Å². The van der Waals surface area contributed by atoms with Crippen LogP contribution in [0.1, 0.15) is 0 Å². The number of hydrogen-bond acceptors (Lipinski definition) is 2. The van der Waals surface area contributed by atoms with Crippen LogP contribution >= 0.6 is 0 Å². The number of H-pyrrole nitrogens is 1. The third-order valence-electron chi connectivity index (χ3n) is 9.05. The summed E-state index contributed by atoms with van der Waals surface area (Å²) in [6.45, 7) is 0. The fraction of sp³-hybridized carbons (Fsp3) is 0.0270. The molecule has 0 bridgehead atoms. The van der Waals surface area contributed by atoms with Gasteiger partial charge in [0.05, 0.1) is 27.6 Å². The largest absolute Gasteiger partial charge is 0.358 e. The fourth-order valence-corrected chi connectivity index (χ4v) is 9.82. The lowest BCUT2D eigenvalue weighted by Gasteiger charge is -2.19. The number of fused-ring (bicyclic) bond motifs is 8. The molecule has 1 N–H and O–H groups in total. The topological polar surface area (TPSA) is 65.7 Å². The van der Waals surface area contributed by atoms with Gasteiger partial charge in [-0.3, -0.25) is 13.5 Å². The highest BCUT2D eigenvalue weighted by Gasteiger charge is 2.28. The second kappa shape index (κ2) is 9.47. The van der Waals surface area contributed by atoms with Crippen LogP contribution in [0.3, 0.4) is 0 Å². The first-order valence-corrected chi connectivity index (χ1v) is 16.8. The van der Waals surface area contributed by atoms with Crippen molar-refractivity contribution >= 4 is 69.1 Å². The zero-order valence-corrected chi connectivity index (χ0v) is 25.9. The Balaban J connectivity index is 1.31. The van der Waals surface area contributed by atoms with Gasteiger partial charge in [-0.15, -0.1) is 0 Å². The summed E-state index contributed by atoms with van der Waals surface area (Å²) >= 11 is 0. The second-order valence-corrected chi connectivity index (χ2v) is 13.9. The molecule has 0 unspecified atom stereocenters. The number of imidazole rings is 3. The van der Waals surface area contributed by atoms with Crippen molar-refractivity contribution in [2.45, 2.75) is 0 Å². The predicted octanol–water partition coefficient (Wildman–Crippen LogP) is 6.05. The average Bonchev–Trinajstić information content (AvgIpc) is 3.93. The molecule has 10 aromatic rings. The monoisotopic (exact) mass is 611 g/mol. The van der Waals surface area contributed by atoms with E-state index in [1.165, 1.54) is 32.3 Å². The molecular formula is C37H27N8Si. The molecule has 219 valence electrons. The maximum absolute atomic E-state index is 5.19. The lowest BCUT2D eigenvalue weighted by molar-refractivity contribution is 0.829. The molecule has 0 amide bonds. The minimum absolute atomic E-state index is 0.771. The lowest BCUT2D eigenvalue weighted by Crippen LogP contribution is -2.48. The Morgan fingerprint density at radius 2 is 1.35 bits per heavy atom. The summed E-state index contributed by atoms with van der Waals surface area (Å²) < 4.78 is 11.3. The zero-order valence-electron chi connectivity index (χ0n) is 24.9. The SMILES string of the molecule is Cn1ccnc1-n1ccc2[nH]c(-n3c4ccccc4n4c5c6ccccc6n([Si](c6ccccc6)c6ccccc6)c5cc34)nc21. The van der Waals surface area contributed by atoms with Crippen molar-refractivity contribution in [3.8, 4) is 11.9 Å². The normalized spacial score (nSPS) is 12.2. The molecule has 8 nitrogen and oxygen atoms in total. The highest BCUT2D eigenvalue weighted by molar-refractivity contribution is 6.85. The first-order valence-electron chi connectivity index (χ1n) is 15.3. The summed E-state index contributed by atoms with van der Waals surface area (Å²) in [5.41, 5.74) is 8.75. The summed E-state index contributed by atoms with van der Waals surface area (Å²) in [6, 6.07) is 43.8. The van der Waals surface area contributed by atoms with E-state index in [1.54, 1.807) is 0 Å². The molecular weight excluding hydrogens is 585 g/mol. The van der Waals surface area contributed by atoms with Gasteiger partial charge in [0.25, 0.3) is 0 Å². The van der Waals surface area contributed by atoms with Crippen molar-refractivity contribution in [3.05, 3.63) is 140 Å². The maximum atomic E-state index is 5.19. The van der Waals surface area contributed by atoms with Crippen LogP contribution in [0, 0.1) is 0 Å². The molecule has 0 aliphatic carbocycles. The van der Waals surface area contributed by atoms with Crippen molar-refractivity contribution in [2.24, 2.45) is 7.05 Å². The quantitative estimate of drug-likeness (QED) is 0.241. The van der Waals surface area contributed by atoms with E-state index in [1.807, 2.05) is 34.8 Å². The van der Waals surface area contributed by atoms with Crippen LogP contribution in [0.15, 0.2) is 140 Å². The summed E-state index contributed by atoms with van der Waals surface area (Å²) in [6.07, 6.45) is 5.77. The molecule has 4 aromatic carbocycles. The fourth-order valence-electron chi connectivity index (χ4n) is 7.11. The third kappa shape index (κ3) is 3.42. The van der Waals surface area contributed by atoms with Crippen LogP contribution in [-0.4, -0.2) is 46.2 Å². The first-order chi connectivity index (χ1) is 22.8. The van der Waals surface area contributed by atoms with Crippen molar-refractivity contribution in [2.75, 3.05) is 0 Å². The number of hydrogen-bond donors (Lipinski definition) is 1. The van der Waals surface area contributed by atoms with Gasteiger partial charge in [-0.25, -0.2) is 4.98 Å². The molecule has 6 aromatic heterocycles. The van der Waals surface area contributed by atoms with Gasteiger partial charge in [-0.1, -0.05) is 91.0 Å². The standard InChI is InChI=1S/C37H27N8Si/c1-41-23-21-38-37(41)42-22-20-28-35(42)40-36(39-28)44-31-19-11-10-18-30(31)43-33(44)24-32-34(43)27-16-8-9-17-29(27)45(32)46(25-12-4-2-5-13-25)26-14-6-3-7-15-26/h2-24H,1H3,(H,39,40). The van der Waals surface area contributed by atoms with E-state index < -0.39 is 8.96 Å². The number of nitrogens with zero attached hydrogens (tertiary/aromatic N) is 7. The zero-order chi connectivity index (χ0) is 30.4. The first kappa shape index (κ1) is 25.3. The van der Waals surface area contributed by atoms with E-state index in [0.29, 0.717) is 0 Å². The number of aromatic amines is 1.